The first kappa shape index (κ1) is 16.8. The Morgan fingerprint density at radius 2 is 2.00 bits per heavy atom. The Morgan fingerprint density at radius 1 is 1.29 bits per heavy atom. The molecule has 1 N–H and O–H groups in total. The van der Waals surface area contributed by atoms with Gasteiger partial charge in [0.25, 0.3) is 0 Å². The van der Waals surface area contributed by atoms with Crippen LogP contribution in [0.5, 0.6) is 0 Å². The van der Waals surface area contributed by atoms with Crippen LogP contribution in [-0.4, -0.2) is 26.8 Å². The van der Waals surface area contributed by atoms with Gasteiger partial charge in [0.1, 0.15) is 6.61 Å². The van der Waals surface area contributed by atoms with E-state index in [2.05, 4.69) is 18.2 Å². The zero-order chi connectivity index (χ0) is 15.0. The van der Waals surface area contributed by atoms with Crippen LogP contribution in [0.1, 0.15) is 31.7 Å². The van der Waals surface area contributed by atoms with Gasteiger partial charge in [-0.1, -0.05) is 37.3 Å². The predicted molar refractivity (Wildman–Crippen MR) is 93.5 cm³/mol. The Hall–Kier alpha value is -0.580. The molecule has 1 atom stereocenters. The van der Waals surface area contributed by atoms with Crippen LogP contribution in [0.25, 0.3) is 0 Å². The zero-order valence-corrected chi connectivity index (χ0v) is 14.2. The number of thioether (sulfide) groups is 2. The topological polar surface area (TPSA) is 29.5 Å². The standard InChI is InChI=1S/C17H24O2S2/c1-2-16(18)13-17(20-11-6-12-21-17)9-10-19-14-15-7-4-3-5-8-15/h3-5,7-10,16,18H,2,6,11-14H2,1H3/b10-9+/t16-/m0/s1. The first-order chi connectivity index (χ1) is 10.2. The average Bonchev–Trinajstić information content (AvgIpc) is 2.53. The summed E-state index contributed by atoms with van der Waals surface area (Å²) < 4.78 is 5.65. The third-order valence-corrected chi connectivity index (χ3v) is 6.76. The number of hydrogen-bond donors (Lipinski definition) is 1. The maximum Gasteiger partial charge on any atom is 0.112 e. The van der Waals surface area contributed by atoms with Crippen molar-refractivity contribution in [3.63, 3.8) is 0 Å². The van der Waals surface area contributed by atoms with E-state index in [9.17, 15) is 5.11 Å². The molecule has 1 aromatic carbocycles. The lowest BCUT2D eigenvalue weighted by molar-refractivity contribution is 0.159. The molecule has 0 bridgehead atoms. The lowest BCUT2D eigenvalue weighted by Gasteiger charge is -2.34. The number of rotatable bonds is 7. The van der Waals surface area contributed by atoms with Crippen molar-refractivity contribution < 1.29 is 9.84 Å². The molecule has 0 aromatic heterocycles. The van der Waals surface area contributed by atoms with Gasteiger partial charge in [0.2, 0.25) is 0 Å². The van der Waals surface area contributed by atoms with E-state index in [-0.39, 0.29) is 10.2 Å². The second-order valence-corrected chi connectivity index (χ2v) is 8.34. The Balaban J connectivity index is 1.90. The molecule has 21 heavy (non-hydrogen) atoms. The quantitative estimate of drug-likeness (QED) is 0.751. The largest absolute Gasteiger partial charge is 0.497 e. The summed E-state index contributed by atoms with van der Waals surface area (Å²) in [6, 6.07) is 10.2. The van der Waals surface area contributed by atoms with E-state index in [1.165, 1.54) is 12.0 Å². The van der Waals surface area contributed by atoms with Crippen molar-refractivity contribution in [1.82, 2.24) is 0 Å². The molecule has 0 unspecified atom stereocenters. The minimum absolute atomic E-state index is 0.0234. The Morgan fingerprint density at radius 3 is 2.67 bits per heavy atom. The number of benzene rings is 1. The lowest BCUT2D eigenvalue weighted by atomic mass is 10.1. The van der Waals surface area contributed by atoms with E-state index < -0.39 is 0 Å². The summed E-state index contributed by atoms with van der Waals surface area (Å²) in [6.45, 7) is 2.63. The van der Waals surface area contributed by atoms with Crippen LogP contribution in [0.15, 0.2) is 42.7 Å². The molecule has 0 aliphatic carbocycles. The van der Waals surface area contributed by atoms with Gasteiger partial charge in [-0.2, -0.15) is 0 Å². The minimum Gasteiger partial charge on any atom is -0.497 e. The molecular weight excluding hydrogens is 300 g/mol. The van der Waals surface area contributed by atoms with Gasteiger partial charge in [0, 0.05) is 6.42 Å². The van der Waals surface area contributed by atoms with Crippen LogP contribution < -0.4 is 0 Å². The zero-order valence-electron chi connectivity index (χ0n) is 12.5. The fourth-order valence-corrected chi connectivity index (χ4v) is 5.42. The SMILES string of the molecule is CC[C@H](O)CC1(/C=C/OCc2ccccc2)SCCCS1. The van der Waals surface area contributed by atoms with Crippen LogP contribution in [-0.2, 0) is 11.3 Å². The molecule has 1 saturated heterocycles. The fraction of sp³-hybridized carbons (Fsp3) is 0.529. The van der Waals surface area contributed by atoms with Gasteiger partial charge >= 0.3 is 0 Å². The maximum atomic E-state index is 10.0. The molecule has 0 spiro atoms. The Bertz CT molecular complexity index is 428. The molecule has 1 aromatic rings. The van der Waals surface area contributed by atoms with E-state index in [1.54, 1.807) is 0 Å². The van der Waals surface area contributed by atoms with Gasteiger partial charge in [-0.15, -0.1) is 23.5 Å². The van der Waals surface area contributed by atoms with Gasteiger partial charge < -0.3 is 9.84 Å². The van der Waals surface area contributed by atoms with E-state index in [0.717, 1.165) is 24.3 Å². The van der Waals surface area contributed by atoms with Crippen molar-refractivity contribution in [2.45, 2.75) is 43.0 Å². The third-order valence-electron chi connectivity index (χ3n) is 3.48. The van der Waals surface area contributed by atoms with Crippen LogP contribution in [0.3, 0.4) is 0 Å². The van der Waals surface area contributed by atoms with Crippen molar-refractivity contribution in [3.05, 3.63) is 48.2 Å². The highest BCUT2D eigenvalue weighted by Crippen LogP contribution is 2.46. The van der Waals surface area contributed by atoms with E-state index in [1.807, 2.05) is 54.9 Å². The lowest BCUT2D eigenvalue weighted by Crippen LogP contribution is -2.28. The fourth-order valence-electron chi connectivity index (χ4n) is 2.22. The average molecular weight is 325 g/mol. The summed E-state index contributed by atoms with van der Waals surface area (Å²) in [5.74, 6) is 2.32. The first-order valence-corrected chi connectivity index (χ1v) is 9.50. The van der Waals surface area contributed by atoms with E-state index in [4.69, 9.17) is 4.74 Å². The summed E-state index contributed by atoms with van der Waals surface area (Å²) in [7, 11) is 0. The highest BCUT2D eigenvalue weighted by molar-refractivity contribution is 8.19. The molecule has 0 amide bonds. The summed E-state index contributed by atoms with van der Waals surface area (Å²) in [5, 5.41) is 10.0. The van der Waals surface area contributed by atoms with Crippen molar-refractivity contribution >= 4 is 23.5 Å². The first-order valence-electron chi connectivity index (χ1n) is 7.53. The van der Waals surface area contributed by atoms with Crippen LogP contribution >= 0.6 is 23.5 Å². The Labute approximate surface area is 136 Å². The highest BCUT2D eigenvalue weighted by atomic mass is 32.2. The van der Waals surface area contributed by atoms with E-state index in [0.29, 0.717) is 6.61 Å². The van der Waals surface area contributed by atoms with Crippen LogP contribution in [0, 0.1) is 0 Å². The summed E-state index contributed by atoms with van der Waals surface area (Å²) in [6.07, 6.45) is 6.58. The normalized spacial score (nSPS) is 19.5. The molecule has 1 heterocycles. The van der Waals surface area contributed by atoms with Gasteiger partial charge in [0.15, 0.2) is 0 Å². The van der Waals surface area contributed by atoms with Crippen molar-refractivity contribution in [1.29, 1.82) is 0 Å². The number of ether oxygens (including phenoxy) is 1. The van der Waals surface area contributed by atoms with Gasteiger partial charge in [0.05, 0.1) is 16.4 Å². The van der Waals surface area contributed by atoms with Crippen molar-refractivity contribution in [2.75, 3.05) is 11.5 Å². The summed E-state index contributed by atoms with van der Waals surface area (Å²) >= 11 is 3.87. The maximum absolute atomic E-state index is 10.0. The van der Waals surface area contributed by atoms with Gasteiger partial charge in [-0.05, 0) is 36.0 Å². The Kier molecular flexibility index (Phi) is 7.00. The minimum atomic E-state index is -0.234. The van der Waals surface area contributed by atoms with Gasteiger partial charge in [-0.3, -0.25) is 0 Å². The number of aliphatic hydroxyl groups excluding tert-OH is 1. The molecule has 116 valence electrons. The molecule has 2 nitrogen and oxygen atoms in total. The molecule has 2 rings (SSSR count). The third kappa shape index (κ3) is 5.61. The van der Waals surface area contributed by atoms with Crippen molar-refractivity contribution in [2.24, 2.45) is 0 Å². The molecule has 1 fully saturated rings. The van der Waals surface area contributed by atoms with Gasteiger partial charge in [-0.25, -0.2) is 0 Å². The molecule has 1 aliphatic heterocycles. The molecular formula is C17H24O2S2. The summed E-state index contributed by atoms with van der Waals surface area (Å²) in [5.41, 5.74) is 1.17. The predicted octanol–water partition coefficient (Wildman–Crippen LogP) is 4.44. The molecule has 1 aliphatic rings. The van der Waals surface area contributed by atoms with Crippen LogP contribution in [0.2, 0.25) is 0 Å². The molecule has 0 saturated carbocycles. The molecule has 4 heteroatoms. The van der Waals surface area contributed by atoms with Crippen molar-refractivity contribution in [3.8, 4) is 0 Å². The van der Waals surface area contributed by atoms with E-state index >= 15 is 0 Å². The summed E-state index contributed by atoms with van der Waals surface area (Å²) in [4.78, 5) is 0. The monoisotopic (exact) mass is 324 g/mol. The second-order valence-electron chi connectivity index (χ2n) is 5.23. The number of aliphatic hydroxyl groups is 1. The molecule has 0 radical (unpaired) electrons. The number of hydrogen-bond acceptors (Lipinski definition) is 4. The van der Waals surface area contributed by atoms with Crippen LogP contribution in [0.4, 0.5) is 0 Å². The smallest absolute Gasteiger partial charge is 0.112 e. The second kappa shape index (κ2) is 8.76. The highest BCUT2D eigenvalue weighted by Gasteiger charge is 2.33.